The summed E-state index contributed by atoms with van der Waals surface area (Å²) in [6.07, 6.45) is 0. The van der Waals surface area contributed by atoms with Crippen molar-refractivity contribution in [2.75, 3.05) is 12.8 Å². The molecule has 0 spiro atoms. The van der Waals surface area contributed by atoms with E-state index in [1.54, 1.807) is 43.4 Å². The summed E-state index contributed by atoms with van der Waals surface area (Å²) in [5.41, 5.74) is 7.24. The number of halogens is 2. The van der Waals surface area contributed by atoms with Crippen molar-refractivity contribution in [3.63, 3.8) is 0 Å². The van der Waals surface area contributed by atoms with Crippen LogP contribution in [-0.2, 0) is 6.54 Å². The van der Waals surface area contributed by atoms with E-state index in [9.17, 15) is 9.18 Å². The van der Waals surface area contributed by atoms with Gasteiger partial charge < -0.3 is 10.6 Å². The number of anilines is 1. The molecular weight excluding hydrogens is 323 g/mol. The molecule has 2 N–H and O–H groups in total. The number of hydrogen-bond acceptors (Lipinski definition) is 2. The molecule has 0 aliphatic carbocycles. The molecule has 2 aromatic rings. The Morgan fingerprint density at radius 3 is 2.65 bits per heavy atom. The van der Waals surface area contributed by atoms with Gasteiger partial charge in [-0.05, 0) is 40.2 Å². The number of amides is 1. The van der Waals surface area contributed by atoms with Crippen LogP contribution in [0.2, 0.25) is 0 Å². The van der Waals surface area contributed by atoms with Gasteiger partial charge in [-0.3, -0.25) is 4.79 Å². The van der Waals surface area contributed by atoms with E-state index >= 15 is 0 Å². The first kappa shape index (κ1) is 14.5. The number of benzene rings is 2. The first-order chi connectivity index (χ1) is 9.49. The van der Waals surface area contributed by atoms with Crippen molar-refractivity contribution in [1.82, 2.24) is 4.90 Å². The van der Waals surface area contributed by atoms with E-state index in [4.69, 9.17) is 5.73 Å². The lowest BCUT2D eigenvalue weighted by Crippen LogP contribution is -2.26. The molecule has 0 aliphatic heterocycles. The molecular formula is C15H14BrFN2O. The van der Waals surface area contributed by atoms with E-state index in [0.29, 0.717) is 21.3 Å². The Labute approximate surface area is 125 Å². The molecule has 1 amide bonds. The van der Waals surface area contributed by atoms with Gasteiger partial charge in [-0.15, -0.1) is 0 Å². The molecule has 5 heteroatoms. The summed E-state index contributed by atoms with van der Waals surface area (Å²) in [7, 11) is 1.64. The van der Waals surface area contributed by atoms with E-state index in [2.05, 4.69) is 15.9 Å². The number of carbonyl (C=O) groups is 1. The normalized spacial score (nSPS) is 10.3. The first-order valence-electron chi connectivity index (χ1n) is 6.03. The van der Waals surface area contributed by atoms with Crippen LogP contribution in [0.4, 0.5) is 10.1 Å². The Hall–Kier alpha value is -1.88. The Kier molecular flexibility index (Phi) is 4.39. The van der Waals surface area contributed by atoms with Gasteiger partial charge in [-0.1, -0.05) is 18.2 Å². The molecule has 2 rings (SSSR count). The zero-order valence-electron chi connectivity index (χ0n) is 10.9. The highest BCUT2D eigenvalue weighted by Gasteiger charge is 2.14. The Balaban J connectivity index is 2.16. The van der Waals surface area contributed by atoms with E-state index in [1.807, 2.05) is 0 Å². The highest BCUT2D eigenvalue weighted by molar-refractivity contribution is 9.10. The molecule has 0 aromatic heterocycles. The maximum absolute atomic E-state index is 13.6. The maximum atomic E-state index is 13.6. The third-order valence-electron chi connectivity index (χ3n) is 2.96. The van der Waals surface area contributed by atoms with Crippen molar-refractivity contribution in [1.29, 1.82) is 0 Å². The minimum Gasteiger partial charge on any atom is -0.398 e. The molecule has 0 heterocycles. The van der Waals surface area contributed by atoms with Gasteiger partial charge in [0.25, 0.3) is 5.91 Å². The van der Waals surface area contributed by atoms with Crippen molar-refractivity contribution >= 4 is 27.5 Å². The summed E-state index contributed by atoms with van der Waals surface area (Å²) in [5.74, 6) is -0.500. The summed E-state index contributed by atoms with van der Waals surface area (Å²) in [4.78, 5) is 13.7. The molecule has 2 aromatic carbocycles. The molecule has 0 bridgehead atoms. The maximum Gasteiger partial charge on any atom is 0.253 e. The second-order valence-electron chi connectivity index (χ2n) is 4.49. The standard InChI is InChI=1S/C15H14BrFN2O/c1-19(9-11-4-2-3-5-13(11)17)15(20)10-6-7-14(18)12(16)8-10/h2-8H,9,18H2,1H3. The predicted molar refractivity (Wildman–Crippen MR) is 80.8 cm³/mol. The van der Waals surface area contributed by atoms with Crippen LogP contribution < -0.4 is 5.73 Å². The van der Waals surface area contributed by atoms with Crippen LogP contribution in [0.25, 0.3) is 0 Å². The molecule has 0 unspecified atom stereocenters. The quantitative estimate of drug-likeness (QED) is 0.872. The van der Waals surface area contributed by atoms with Crippen LogP contribution in [-0.4, -0.2) is 17.9 Å². The number of nitrogens with two attached hydrogens (primary N) is 1. The van der Waals surface area contributed by atoms with E-state index in [1.165, 1.54) is 11.0 Å². The van der Waals surface area contributed by atoms with Crippen LogP contribution in [0.1, 0.15) is 15.9 Å². The molecule has 0 aliphatic rings. The number of carbonyl (C=O) groups excluding carboxylic acids is 1. The molecule has 104 valence electrons. The van der Waals surface area contributed by atoms with Crippen LogP contribution in [0.5, 0.6) is 0 Å². The highest BCUT2D eigenvalue weighted by atomic mass is 79.9. The summed E-state index contributed by atoms with van der Waals surface area (Å²) in [5, 5.41) is 0. The van der Waals surface area contributed by atoms with Crippen molar-refractivity contribution in [3.05, 3.63) is 63.9 Å². The molecule has 20 heavy (non-hydrogen) atoms. The molecule has 0 fully saturated rings. The molecule has 0 atom stereocenters. The Bertz CT molecular complexity index is 646. The van der Waals surface area contributed by atoms with Crippen molar-refractivity contribution in [2.45, 2.75) is 6.54 Å². The Morgan fingerprint density at radius 2 is 2.00 bits per heavy atom. The van der Waals surface area contributed by atoms with Gasteiger partial charge >= 0.3 is 0 Å². The largest absolute Gasteiger partial charge is 0.398 e. The van der Waals surface area contributed by atoms with E-state index in [-0.39, 0.29) is 18.3 Å². The average Bonchev–Trinajstić information content (AvgIpc) is 2.43. The van der Waals surface area contributed by atoms with Gasteiger partial charge in [-0.2, -0.15) is 0 Å². The fourth-order valence-electron chi connectivity index (χ4n) is 1.83. The third-order valence-corrected chi connectivity index (χ3v) is 3.65. The van der Waals surface area contributed by atoms with Crippen molar-refractivity contribution in [2.24, 2.45) is 0 Å². The molecule has 0 saturated heterocycles. The van der Waals surface area contributed by atoms with E-state index in [0.717, 1.165) is 0 Å². The number of hydrogen-bond donors (Lipinski definition) is 1. The SMILES string of the molecule is CN(Cc1ccccc1F)C(=O)c1ccc(N)c(Br)c1. The van der Waals surface area contributed by atoms with Crippen LogP contribution in [0.15, 0.2) is 46.9 Å². The second kappa shape index (κ2) is 6.05. The predicted octanol–water partition coefficient (Wildman–Crippen LogP) is 3.44. The lowest BCUT2D eigenvalue weighted by atomic mass is 10.1. The first-order valence-corrected chi connectivity index (χ1v) is 6.82. The monoisotopic (exact) mass is 336 g/mol. The van der Waals surface area contributed by atoms with Gasteiger partial charge in [0.05, 0.1) is 0 Å². The zero-order chi connectivity index (χ0) is 14.7. The smallest absolute Gasteiger partial charge is 0.253 e. The minimum atomic E-state index is -0.314. The average molecular weight is 337 g/mol. The number of nitrogens with zero attached hydrogens (tertiary/aromatic N) is 1. The van der Waals surface area contributed by atoms with Crippen LogP contribution in [0.3, 0.4) is 0 Å². The Morgan fingerprint density at radius 1 is 1.30 bits per heavy atom. The second-order valence-corrected chi connectivity index (χ2v) is 5.34. The van der Waals surface area contributed by atoms with Crippen molar-refractivity contribution in [3.8, 4) is 0 Å². The van der Waals surface area contributed by atoms with Gasteiger partial charge in [-0.25, -0.2) is 4.39 Å². The van der Waals surface area contributed by atoms with Crippen LogP contribution >= 0.6 is 15.9 Å². The lowest BCUT2D eigenvalue weighted by Gasteiger charge is -2.18. The van der Waals surface area contributed by atoms with Gasteiger partial charge in [0.1, 0.15) is 5.82 Å². The fourth-order valence-corrected chi connectivity index (χ4v) is 2.21. The summed E-state index contributed by atoms with van der Waals surface area (Å²) >= 11 is 3.29. The summed E-state index contributed by atoms with van der Waals surface area (Å²) < 4.78 is 14.2. The van der Waals surface area contributed by atoms with Gasteiger partial charge in [0.2, 0.25) is 0 Å². The highest BCUT2D eigenvalue weighted by Crippen LogP contribution is 2.21. The number of rotatable bonds is 3. The lowest BCUT2D eigenvalue weighted by molar-refractivity contribution is 0.0784. The van der Waals surface area contributed by atoms with Crippen molar-refractivity contribution < 1.29 is 9.18 Å². The summed E-state index contributed by atoms with van der Waals surface area (Å²) in [6, 6.07) is 11.4. The third kappa shape index (κ3) is 3.17. The van der Waals surface area contributed by atoms with E-state index < -0.39 is 0 Å². The molecule has 0 radical (unpaired) electrons. The topological polar surface area (TPSA) is 46.3 Å². The molecule has 0 saturated carbocycles. The zero-order valence-corrected chi connectivity index (χ0v) is 12.5. The van der Waals surface area contributed by atoms with Gasteiger partial charge in [0, 0.05) is 34.9 Å². The summed E-state index contributed by atoms with van der Waals surface area (Å²) in [6.45, 7) is 0.216. The number of nitrogen functional groups attached to an aromatic ring is 1. The molecule has 3 nitrogen and oxygen atoms in total. The minimum absolute atomic E-state index is 0.186. The fraction of sp³-hybridized carbons (Fsp3) is 0.133. The van der Waals surface area contributed by atoms with Gasteiger partial charge in [0.15, 0.2) is 0 Å². The van der Waals surface area contributed by atoms with Crippen LogP contribution in [0, 0.1) is 5.82 Å².